The number of aromatic nitrogens is 2. The van der Waals surface area contributed by atoms with Gasteiger partial charge in [-0.1, -0.05) is 0 Å². The Morgan fingerprint density at radius 2 is 1.86 bits per heavy atom. The Labute approximate surface area is 125 Å². The van der Waals surface area contributed by atoms with Gasteiger partial charge in [0.25, 0.3) is 5.91 Å². The highest BCUT2D eigenvalue weighted by Crippen LogP contribution is 2.17. The molecule has 0 fully saturated rings. The maximum Gasteiger partial charge on any atom is 0.258 e. The van der Waals surface area contributed by atoms with E-state index in [1.807, 2.05) is 0 Å². The largest absolute Gasteiger partial charge is 0.322 e. The number of hydrogen-bond donors (Lipinski definition) is 1. The van der Waals surface area contributed by atoms with E-state index in [2.05, 4.69) is 10.3 Å². The number of amides is 1. The van der Waals surface area contributed by atoms with Crippen LogP contribution in [0.5, 0.6) is 0 Å². The third-order valence-electron chi connectivity index (χ3n) is 3.10. The highest BCUT2D eigenvalue weighted by molar-refractivity contribution is 6.04. The lowest BCUT2D eigenvalue weighted by Gasteiger charge is -2.08. The molecule has 110 valence electrons. The predicted molar refractivity (Wildman–Crippen MR) is 77.9 cm³/mol. The number of hydrogen-bond acceptors (Lipinski definition) is 2. The minimum absolute atomic E-state index is 0.101. The summed E-state index contributed by atoms with van der Waals surface area (Å²) in [7, 11) is 0. The van der Waals surface area contributed by atoms with E-state index in [0.29, 0.717) is 11.4 Å². The first-order valence-corrected chi connectivity index (χ1v) is 6.48. The summed E-state index contributed by atoms with van der Waals surface area (Å²) in [6.07, 6.45) is 4.82. The molecule has 0 spiro atoms. The summed E-state index contributed by atoms with van der Waals surface area (Å²) in [6, 6.07) is 9.44. The smallest absolute Gasteiger partial charge is 0.258 e. The Bertz CT molecular complexity index is 799. The Balaban J connectivity index is 1.88. The zero-order chi connectivity index (χ0) is 15.5. The highest BCUT2D eigenvalue weighted by atomic mass is 19.1. The van der Waals surface area contributed by atoms with Crippen LogP contribution in [0.4, 0.5) is 14.5 Å². The van der Waals surface area contributed by atoms with Crippen LogP contribution < -0.4 is 5.32 Å². The number of halogens is 2. The number of nitrogens with zero attached hydrogens (tertiary/aromatic N) is 2. The number of carbonyl (C=O) groups is 1. The zero-order valence-electron chi connectivity index (χ0n) is 11.3. The van der Waals surface area contributed by atoms with Gasteiger partial charge in [0.15, 0.2) is 0 Å². The van der Waals surface area contributed by atoms with Gasteiger partial charge < -0.3 is 9.88 Å². The van der Waals surface area contributed by atoms with E-state index in [9.17, 15) is 13.6 Å². The second-order valence-electron chi connectivity index (χ2n) is 4.60. The second kappa shape index (κ2) is 5.77. The number of rotatable bonds is 3. The summed E-state index contributed by atoms with van der Waals surface area (Å²) in [5.74, 6) is -1.65. The lowest BCUT2D eigenvalue weighted by atomic mass is 10.1. The van der Waals surface area contributed by atoms with Gasteiger partial charge in [-0.05, 0) is 42.5 Å². The average molecular weight is 299 g/mol. The molecule has 4 nitrogen and oxygen atoms in total. The summed E-state index contributed by atoms with van der Waals surface area (Å²) >= 11 is 0. The average Bonchev–Trinajstić information content (AvgIpc) is 3.04. The van der Waals surface area contributed by atoms with Crippen molar-refractivity contribution in [2.24, 2.45) is 0 Å². The van der Waals surface area contributed by atoms with E-state index in [1.54, 1.807) is 29.4 Å². The fraction of sp³-hybridized carbons (Fsp3) is 0. The van der Waals surface area contributed by atoms with Crippen LogP contribution in [0.1, 0.15) is 10.4 Å². The van der Waals surface area contributed by atoms with Gasteiger partial charge in [-0.15, -0.1) is 0 Å². The lowest BCUT2D eigenvalue weighted by molar-refractivity contribution is 0.102. The van der Waals surface area contributed by atoms with Crippen molar-refractivity contribution >= 4 is 11.6 Å². The minimum atomic E-state index is -0.636. The van der Waals surface area contributed by atoms with Crippen molar-refractivity contribution in [3.63, 3.8) is 0 Å². The van der Waals surface area contributed by atoms with Crippen molar-refractivity contribution in [3.8, 4) is 5.69 Å². The number of anilines is 1. The van der Waals surface area contributed by atoms with Gasteiger partial charge in [-0.25, -0.2) is 13.8 Å². The van der Waals surface area contributed by atoms with E-state index in [1.165, 1.54) is 36.4 Å². The van der Waals surface area contributed by atoms with Crippen LogP contribution >= 0.6 is 0 Å². The third kappa shape index (κ3) is 2.85. The van der Waals surface area contributed by atoms with Crippen molar-refractivity contribution in [3.05, 3.63) is 78.4 Å². The van der Waals surface area contributed by atoms with E-state index in [4.69, 9.17) is 0 Å². The molecule has 0 atom stereocenters. The Hall–Kier alpha value is -3.02. The molecule has 3 rings (SSSR count). The quantitative estimate of drug-likeness (QED) is 0.805. The van der Waals surface area contributed by atoms with Crippen LogP contribution in [0.2, 0.25) is 0 Å². The number of nitrogens with one attached hydrogen (secondary N) is 1. The fourth-order valence-corrected chi connectivity index (χ4v) is 1.99. The van der Waals surface area contributed by atoms with E-state index < -0.39 is 17.5 Å². The Morgan fingerprint density at radius 3 is 2.55 bits per heavy atom. The molecule has 3 aromatic rings. The van der Waals surface area contributed by atoms with Crippen molar-refractivity contribution in [2.75, 3.05) is 5.32 Å². The van der Waals surface area contributed by atoms with Gasteiger partial charge in [-0.3, -0.25) is 4.79 Å². The van der Waals surface area contributed by atoms with Crippen molar-refractivity contribution < 1.29 is 13.6 Å². The van der Waals surface area contributed by atoms with Crippen molar-refractivity contribution in [1.82, 2.24) is 9.55 Å². The van der Waals surface area contributed by atoms with Crippen LogP contribution in [-0.2, 0) is 0 Å². The topological polar surface area (TPSA) is 46.9 Å². The monoisotopic (exact) mass is 299 g/mol. The molecule has 6 heteroatoms. The van der Waals surface area contributed by atoms with E-state index in [0.717, 1.165) is 0 Å². The highest BCUT2D eigenvalue weighted by Gasteiger charge is 2.13. The summed E-state index contributed by atoms with van der Waals surface area (Å²) in [4.78, 5) is 16.1. The van der Waals surface area contributed by atoms with Gasteiger partial charge in [0.1, 0.15) is 11.6 Å². The molecule has 0 radical (unpaired) electrons. The molecule has 2 aromatic carbocycles. The molecule has 0 aliphatic heterocycles. The Morgan fingerprint density at radius 1 is 1.09 bits per heavy atom. The lowest BCUT2D eigenvalue weighted by Crippen LogP contribution is -2.14. The van der Waals surface area contributed by atoms with Gasteiger partial charge in [0.2, 0.25) is 0 Å². The third-order valence-corrected chi connectivity index (χ3v) is 3.10. The summed E-state index contributed by atoms with van der Waals surface area (Å²) in [5.41, 5.74) is 0.900. The normalized spacial score (nSPS) is 10.5. The first kappa shape index (κ1) is 13.9. The molecule has 1 amide bonds. The van der Waals surface area contributed by atoms with Gasteiger partial charge >= 0.3 is 0 Å². The van der Waals surface area contributed by atoms with E-state index in [-0.39, 0.29) is 5.56 Å². The number of imidazole rings is 1. The van der Waals surface area contributed by atoms with Crippen LogP contribution in [0.3, 0.4) is 0 Å². The van der Waals surface area contributed by atoms with Gasteiger partial charge in [0.05, 0.1) is 11.9 Å². The number of carbonyl (C=O) groups excluding carboxylic acids is 1. The number of benzene rings is 2. The Kier molecular flexibility index (Phi) is 3.65. The molecule has 22 heavy (non-hydrogen) atoms. The SMILES string of the molecule is O=C(Nc1ccc(F)cc1)c1cc(-n2ccnc2)ccc1F. The van der Waals surface area contributed by atoms with Crippen LogP contribution in [0.15, 0.2) is 61.2 Å². The molecule has 0 aliphatic carbocycles. The second-order valence-corrected chi connectivity index (χ2v) is 4.60. The zero-order valence-corrected chi connectivity index (χ0v) is 11.3. The molecule has 1 heterocycles. The van der Waals surface area contributed by atoms with Crippen LogP contribution in [0.25, 0.3) is 5.69 Å². The summed E-state index contributed by atoms with van der Waals surface area (Å²) < 4.78 is 28.4. The van der Waals surface area contributed by atoms with Crippen molar-refractivity contribution in [2.45, 2.75) is 0 Å². The minimum Gasteiger partial charge on any atom is -0.322 e. The maximum absolute atomic E-state index is 13.9. The van der Waals surface area contributed by atoms with Gasteiger partial charge in [-0.2, -0.15) is 0 Å². The summed E-state index contributed by atoms with van der Waals surface area (Å²) in [5, 5.41) is 2.53. The van der Waals surface area contributed by atoms with Crippen LogP contribution in [-0.4, -0.2) is 15.5 Å². The fourth-order valence-electron chi connectivity index (χ4n) is 1.99. The van der Waals surface area contributed by atoms with E-state index >= 15 is 0 Å². The van der Waals surface area contributed by atoms with Crippen LogP contribution in [0, 0.1) is 11.6 Å². The first-order valence-electron chi connectivity index (χ1n) is 6.48. The molecule has 1 N–H and O–H groups in total. The molecule has 0 saturated carbocycles. The molecule has 0 saturated heterocycles. The first-order chi connectivity index (χ1) is 10.6. The maximum atomic E-state index is 13.9. The molecular formula is C16H11F2N3O. The standard InChI is InChI=1S/C16H11F2N3O/c17-11-1-3-12(4-2-11)20-16(22)14-9-13(5-6-15(14)18)21-8-7-19-10-21/h1-10H,(H,20,22). The van der Waals surface area contributed by atoms with Crippen molar-refractivity contribution in [1.29, 1.82) is 0 Å². The summed E-state index contributed by atoms with van der Waals surface area (Å²) in [6.45, 7) is 0. The molecular weight excluding hydrogens is 288 g/mol. The molecule has 0 bridgehead atoms. The predicted octanol–water partition coefficient (Wildman–Crippen LogP) is 3.40. The molecule has 1 aromatic heterocycles. The molecule has 0 unspecified atom stereocenters. The molecule has 0 aliphatic rings. The van der Waals surface area contributed by atoms with Gasteiger partial charge in [0, 0.05) is 23.8 Å².